The number of amides is 1. The van der Waals surface area contributed by atoms with Gasteiger partial charge in [-0.3, -0.25) is 4.79 Å². The Morgan fingerprint density at radius 2 is 1.77 bits per heavy atom. The predicted octanol–water partition coefficient (Wildman–Crippen LogP) is 6.15. The molecular weight excluding hydrogens is 554 g/mol. The fourth-order valence-electron chi connectivity index (χ4n) is 6.77. The van der Waals surface area contributed by atoms with E-state index in [1.165, 1.54) is 0 Å². The molecule has 2 aromatic carbocycles. The van der Waals surface area contributed by atoms with Crippen LogP contribution in [0.5, 0.6) is 5.75 Å². The normalized spacial score (nSPS) is 19.7. The van der Waals surface area contributed by atoms with E-state index < -0.39 is 5.60 Å². The van der Waals surface area contributed by atoms with Gasteiger partial charge in [-0.2, -0.15) is 0 Å². The largest absolute Gasteiger partial charge is 0.497 e. The van der Waals surface area contributed by atoms with Gasteiger partial charge in [0.05, 0.1) is 18.5 Å². The van der Waals surface area contributed by atoms with Crippen LogP contribution in [0, 0.1) is 0 Å². The number of rotatable bonds is 7. The minimum Gasteiger partial charge on any atom is -0.497 e. The molecule has 1 aliphatic carbocycles. The summed E-state index contributed by atoms with van der Waals surface area (Å²) < 4.78 is 12.9. The zero-order chi connectivity index (χ0) is 31.1. The van der Waals surface area contributed by atoms with Gasteiger partial charge in [0.25, 0.3) is 5.56 Å². The number of benzene rings is 2. The molecule has 234 valence electrons. The lowest BCUT2D eigenvalue weighted by Crippen LogP contribution is -2.41. The maximum absolute atomic E-state index is 13.3. The molecule has 3 aromatic rings. The Morgan fingerprint density at radius 1 is 1.05 bits per heavy atom. The Labute approximate surface area is 259 Å². The molecule has 0 radical (unpaired) electrons. The highest BCUT2D eigenvalue weighted by Gasteiger charge is 2.57. The molecule has 3 fully saturated rings. The number of likely N-dealkylation sites (tertiary alicyclic amines) is 1. The van der Waals surface area contributed by atoms with Crippen LogP contribution in [0.3, 0.4) is 0 Å². The third kappa shape index (κ3) is 6.37. The number of nitrogens with two attached hydrogens (primary N) is 1. The number of nitrogens with zero attached hydrogens (tertiary/aromatic N) is 3. The molecule has 1 spiro atoms. The Bertz CT molecular complexity index is 1550. The van der Waals surface area contributed by atoms with E-state index in [-0.39, 0.29) is 29.2 Å². The maximum atomic E-state index is 13.3. The summed E-state index contributed by atoms with van der Waals surface area (Å²) in [6.45, 7) is 8.69. The predicted molar refractivity (Wildman–Crippen MR) is 175 cm³/mol. The fraction of sp³-hybridized carbons (Fsp3) is 0.486. The second-order valence-electron chi connectivity index (χ2n) is 13.6. The number of hydrogen-bond acceptors (Lipinski definition) is 7. The van der Waals surface area contributed by atoms with Crippen molar-refractivity contribution in [3.05, 3.63) is 82.3 Å². The molecule has 2 aliphatic heterocycles. The van der Waals surface area contributed by atoms with Crippen molar-refractivity contribution in [3.8, 4) is 5.75 Å². The summed E-state index contributed by atoms with van der Waals surface area (Å²) in [6, 6.07) is 18.2. The van der Waals surface area contributed by atoms with Crippen LogP contribution in [0.25, 0.3) is 0 Å². The number of carbonyl (C=O) groups excluding carboxylic acids is 1. The first-order valence-corrected chi connectivity index (χ1v) is 15.8. The highest BCUT2D eigenvalue weighted by Crippen LogP contribution is 2.54. The molecule has 9 nitrogen and oxygen atoms in total. The third-order valence-corrected chi connectivity index (χ3v) is 9.39. The van der Waals surface area contributed by atoms with E-state index in [1.807, 2.05) is 66.8 Å². The Kier molecular flexibility index (Phi) is 7.99. The van der Waals surface area contributed by atoms with Crippen molar-refractivity contribution >= 4 is 23.2 Å². The number of aromatic nitrogens is 1. The second-order valence-corrected chi connectivity index (χ2v) is 13.6. The van der Waals surface area contributed by atoms with Crippen molar-refractivity contribution in [2.24, 2.45) is 0 Å². The first kappa shape index (κ1) is 29.9. The summed E-state index contributed by atoms with van der Waals surface area (Å²) in [6.07, 6.45) is 6.41. The van der Waals surface area contributed by atoms with Crippen molar-refractivity contribution in [2.45, 2.75) is 82.5 Å². The monoisotopic (exact) mass is 599 g/mol. The molecule has 44 heavy (non-hydrogen) atoms. The van der Waals surface area contributed by atoms with Gasteiger partial charge in [-0.1, -0.05) is 12.1 Å². The number of ether oxygens (including phenoxy) is 2. The van der Waals surface area contributed by atoms with Crippen LogP contribution in [0.4, 0.5) is 21.9 Å². The second kappa shape index (κ2) is 11.7. The molecule has 3 aliphatic rings. The standard InChI is InChI=1S/C35H45N5O4/c1-34(2,3)44-33(42)40-23-26(21-35(40)14-15-35)25-11-18-39(32(41)19-25)27-12-16-38(17-13-27)28-7-10-30(36)31(20-28)37-22-24-5-8-29(43-4)9-6-24/h5-11,18-20,26-27,37H,12-17,21-23,36H2,1-4H3/t26-/m0/s1. The van der Waals surface area contributed by atoms with Crippen LogP contribution < -0.4 is 26.2 Å². The van der Waals surface area contributed by atoms with Crippen LogP contribution in [0.2, 0.25) is 0 Å². The lowest BCUT2D eigenvalue weighted by molar-refractivity contribution is 0.0202. The number of piperidine rings is 1. The Balaban J connectivity index is 1.06. The SMILES string of the molecule is COc1ccc(CNc2cc(N3CCC(n4ccc([C@@H]5CN(C(=O)OC(C)(C)C)C6(CC6)C5)cc4=O)CC3)ccc2N)cc1. The number of anilines is 3. The van der Waals surface area contributed by atoms with E-state index in [4.69, 9.17) is 15.2 Å². The van der Waals surface area contributed by atoms with Gasteiger partial charge < -0.3 is 34.9 Å². The van der Waals surface area contributed by atoms with Crippen LogP contribution in [-0.4, -0.2) is 53.4 Å². The molecule has 0 unspecified atom stereocenters. The molecule has 2 saturated heterocycles. The van der Waals surface area contributed by atoms with Crippen molar-refractivity contribution in [3.63, 3.8) is 0 Å². The molecule has 1 amide bonds. The molecule has 9 heteroatoms. The molecule has 6 rings (SSSR count). The Hall–Kier alpha value is -4.14. The van der Waals surface area contributed by atoms with Crippen LogP contribution in [0.15, 0.2) is 65.6 Å². The van der Waals surface area contributed by atoms with Crippen LogP contribution >= 0.6 is 0 Å². The first-order chi connectivity index (χ1) is 21.0. The number of hydrogen-bond donors (Lipinski definition) is 2. The first-order valence-electron chi connectivity index (χ1n) is 15.8. The molecule has 1 aromatic heterocycles. The topological polar surface area (TPSA) is 102 Å². The summed E-state index contributed by atoms with van der Waals surface area (Å²) >= 11 is 0. The van der Waals surface area contributed by atoms with Gasteiger partial charge in [-0.05, 0) is 100 Å². The van der Waals surface area contributed by atoms with Crippen LogP contribution in [-0.2, 0) is 11.3 Å². The smallest absolute Gasteiger partial charge is 0.410 e. The van der Waals surface area contributed by atoms with Crippen molar-refractivity contribution in [2.75, 3.05) is 42.7 Å². The van der Waals surface area contributed by atoms with Gasteiger partial charge in [0.15, 0.2) is 0 Å². The summed E-state index contributed by atoms with van der Waals surface area (Å²) in [7, 11) is 1.67. The summed E-state index contributed by atoms with van der Waals surface area (Å²) in [5, 5.41) is 3.48. The average molecular weight is 600 g/mol. The lowest BCUT2D eigenvalue weighted by Gasteiger charge is -2.35. The third-order valence-electron chi connectivity index (χ3n) is 9.39. The van der Waals surface area contributed by atoms with Gasteiger partial charge >= 0.3 is 6.09 Å². The Morgan fingerprint density at radius 3 is 2.41 bits per heavy atom. The van der Waals surface area contributed by atoms with Crippen molar-refractivity contribution in [1.82, 2.24) is 9.47 Å². The van der Waals surface area contributed by atoms with E-state index >= 15 is 0 Å². The molecule has 1 saturated carbocycles. The maximum Gasteiger partial charge on any atom is 0.410 e. The van der Waals surface area contributed by atoms with Gasteiger partial charge in [-0.15, -0.1) is 0 Å². The molecule has 3 N–H and O–H groups in total. The lowest BCUT2D eigenvalue weighted by atomic mass is 9.96. The van der Waals surface area contributed by atoms with Crippen molar-refractivity contribution < 1.29 is 14.3 Å². The summed E-state index contributed by atoms with van der Waals surface area (Å²) in [5.74, 6) is 0.996. The zero-order valence-electron chi connectivity index (χ0n) is 26.3. The quantitative estimate of drug-likeness (QED) is 0.314. The molecule has 3 heterocycles. The number of nitrogen functional groups attached to an aromatic ring is 1. The minimum atomic E-state index is -0.522. The number of pyridine rings is 1. The highest BCUT2D eigenvalue weighted by molar-refractivity contribution is 5.72. The fourth-order valence-corrected chi connectivity index (χ4v) is 6.77. The molecule has 1 atom stereocenters. The van der Waals surface area contributed by atoms with Crippen molar-refractivity contribution in [1.29, 1.82) is 0 Å². The summed E-state index contributed by atoms with van der Waals surface area (Å²) in [5.41, 5.74) is 10.7. The van der Waals surface area contributed by atoms with E-state index in [9.17, 15) is 9.59 Å². The summed E-state index contributed by atoms with van der Waals surface area (Å²) in [4.78, 5) is 30.6. The van der Waals surface area contributed by atoms with Crippen LogP contribution in [0.1, 0.15) is 76.0 Å². The van der Waals surface area contributed by atoms with Gasteiger partial charge in [0, 0.05) is 61.6 Å². The number of methoxy groups -OCH3 is 1. The van der Waals surface area contributed by atoms with E-state index in [0.717, 1.165) is 73.4 Å². The van der Waals surface area contributed by atoms with E-state index in [2.05, 4.69) is 28.4 Å². The highest BCUT2D eigenvalue weighted by atomic mass is 16.6. The average Bonchev–Trinajstić information content (AvgIpc) is 3.67. The number of nitrogens with one attached hydrogen (secondary N) is 1. The zero-order valence-corrected chi connectivity index (χ0v) is 26.3. The van der Waals surface area contributed by atoms with Gasteiger partial charge in [0.2, 0.25) is 0 Å². The number of carbonyl (C=O) groups is 1. The minimum absolute atomic E-state index is 0.0408. The van der Waals surface area contributed by atoms with E-state index in [0.29, 0.717) is 18.8 Å². The molecular formula is C35H45N5O4. The van der Waals surface area contributed by atoms with E-state index in [1.54, 1.807) is 13.2 Å². The van der Waals surface area contributed by atoms with Gasteiger partial charge in [0.1, 0.15) is 11.4 Å². The van der Waals surface area contributed by atoms with Gasteiger partial charge in [-0.25, -0.2) is 4.79 Å². The molecule has 0 bridgehead atoms.